The van der Waals surface area contributed by atoms with Gasteiger partial charge in [-0.2, -0.15) is 5.10 Å². The largest absolute Gasteiger partial charge is 0.376 e. The quantitative estimate of drug-likeness (QED) is 0.273. The van der Waals surface area contributed by atoms with Gasteiger partial charge in [0.2, 0.25) is 0 Å². The van der Waals surface area contributed by atoms with E-state index in [2.05, 4.69) is 62.2 Å². The SMILES string of the molecule is CCC/C=C/COC/C(=N/N1CCC[C@H]1C(CC)(CC)OC)c1ccccc1. The molecule has 4 heteroatoms. The molecule has 1 aromatic rings. The second-order valence-corrected chi connectivity index (χ2v) is 7.49. The molecule has 4 nitrogen and oxygen atoms in total. The van der Waals surface area contributed by atoms with Crippen LogP contribution in [0.1, 0.15) is 64.9 Å². The van der Waals surface area contributed by atoms with Crippen molar-refractivity contribution in [3.05, 3.63) is 48.0 Å². The van der Waals surface area contributed by atoms with Gasteiger partial charge < -0.3 is 9.47 Å². The number of nitrogens with zero attached hydrogens (tertiary/aromatic N) is 2. The minimum absolute atomic E-state index is 0.133. The van der Waals surface area contributed by atoms with Gasteiger partial charge in [-0.25, -0.2) is 0 Å². The van der Waals surface area contributed by atoms with Gasteiger partial charge in [0.05, 0.1) is 30.6 Å². The van der Waals surface area contributed by atoms with Gasteiger partial charge in [-0.3, -0.25) is 5.01 Å². The number of ether oxygens (including phenoxy) is 2. The molecule has 0 radical (unpaired) electrons. The fraction of sp³-hybridized carbons (Fsp3) is 0.625. The van der Waals surface area contributed by atoms with E-state index in [1.165, 1.54) is 6.42 Å². The molecule has 1 atom stereocenters. The van der Waals surface area contributed by atoms with Crippen molar-refractivity contribution in [2.75, 3.05) is 26.9 Å². The predicted octanol–water partition coefficient (Wildman–Crippen LogP) is 5.43. The van der Waals surface area contributed by atoms with E-state index < -0.39 is 0 Å². The molecule has 28 heavy (non-hydrogen) atoms. The Morgan fingerprint density at radius 3 is 2.57 bits per heavy atom. The number of allylic oxidation sites excluding steroid dienone is 1. The van der Waals surface area contributed by atoms with E-state index in [0.717, 1.165) is 49.9 Å². The van der Waals surface area contributed by atoms with E-state index >= 15 is 0 Å². The number of benzene rings is 1. The van der Waals surface area contributed by atoms with Crippen molar-refractivity contribution in [3.8, 4) is 0 Å². The molecule has 0 spiro atoms. The Morgan fingerprint density at radius 1 is 1.18 bits per heavy atom. The molecule has 1 heterocycles. The highest BCUT2D eigenvalue weighted by molar-refractivity contribution is 6.01. The maximum Gasteiger partial charge on any atom is 0.0934 e. The lowest BCUT2D eigenvalue weighted by Gasteiger charge is -2.40. The number of rotatable bonds is 12. The Bertz CT molecular complexity index is 600. The first-order chi connectivity index (χ1) is 13.7. The monoisotopic (exact) mass is 386 g/mol. The number of hydrazone groups is 1. The minimum Gasteiger partial charge on any atom is -0.376 e. The Kier molecular flexibility index (Phi) is 9.72. The number of unbranched alkanes of at least 4 members (excludes halogenated alkanes) is 1. The molecule has 0 bridgehead atoms. The van der Waals surface area contributed by atoms with Crippen molar-refractivity contribution in [2.45, 2.75) is 70.9 Å². The molecule has 156 valence electrons. The predicted molar refractivity (Wildman–Crippen MR) is 118 cm³/mol. The maximum atomic E-state index is 6.02. The molecule has 1 saturated heterocycles. The van der Waals surface area contributed by atoms with Crippen LogP contribution in [0.15, 0.2) is 47.6 Å². The summed E-state index contributed by atoms with van der Waals surface area (Å²) in [5, 5.41) is 7.35. The third-order valence-corrected chi connectivity index (χ3v) is 5.87. The zero-order valence-electron chi connectivity index (χ0n) is 18.2. The van der Waals surface area contributed by atoms with Crippen LogP contribution in [-0.4, -0.2) is 49.2 Å². The first-order valence-corrected chi connectivity index (χ1v) is 10.9. The van der Waals surface area contributed by atoms with E-state index in [9.17, 15) is 0 Å². The van der Waals surface area contributed by atoms with Gasteiger partial charge in [0, 0.05) is 19.2 Å². The summed E-state index contributed by atoms with van der Waals surface area (Å²) in [7, 11) is 1.84. The topological polar surface area (TPSA) is 34.1 Å². The van der Waals surface area contributed by atoms with Crippen LogP contribution in [0.5, 0.6) is 0 Å². The summed E-state index contributed by atoms with van der Waals surface area (Å²) in [6.07, 6.45) is 10.8. The van der Waals surface area contributed by atoms with E-state index in [-0.39, 0.29) is 5.60 Å². The van der Waals surface area contributed by atoms with Gasteiger partial charge in [-0.05, 0) is 32.1 Å². The highest BCUT2D eigenvalue weighted by Gasteiger charge is 2.42. The first-order valence-electron chi connectivity index (χ1n) is 10.9. The number of methoxy groups -OCH3 is 1. The first kappa shape index (κ1) is 22.6. The average molecular weight is 387 g/mol. The van der Waals surface area contributed by atoms with Gasteiger partial charge in [0.25, 0.3) is 0 Å². The molecular weight excluding hydrogens is 348 g/mol. The molecule has 1 aromatic carbocycles. The molecule has 0 saturated carbocycles. The second-order valence-electron chi connectivity index (χ2n) is 7.49. The van der Waals surface area contributed by atoms with Crippen molar-refractivity contribution in [3.63, 3.8) is 0 Å². The Morgan fingerprint density at radius 2 is 1.93 bits per heavy atom. The van der Waals surface area contributed by atoms with Crippen LogP contribution >= 0.6 is 0 Å². The van der Waals surface area contributed by atoms with Crippen LogP contribution in [0.4, 0.5) is 0 Å². The smallest absolute Gasteiger partial charge is 0.0934 e. The third-order valence-electron chi connectivity index (χ3n) is 5.87. The van der Waals surface area contributed by atoms with Crippen LogP contribution in [0.2, 0.25) is 0 Å². The van der Waals surface area contributed by atoms with Crippen molar-refractivity contribution >= 4 is 5.71 Å². The zero-order chi connectivity index (χ0) is 20.2. The lowest BCUT2D eigenvalue weighted by molar-refractivity contribution is -0.0732. The fourth-order valence-electron chi connectivity index (χ4n) is 4.08. The summed E-state index contributed by atoms with van der Waals surface area (Å²) in [5.41, 5.74) is 1.99. The van der Waals surface area contributed by atoms with Gasteiger partial charge in [0.15, 0.2) is 0 Å². The normalized spacial score (nSPS) is 18.4. The molecule has 0 N–H and O–H groups in total. The number of hydrogen-bond donors (Lipinski definition) is 0. The summed E-state index contributed by atoms with van der Waals surface area (Å²) in [6.45, 7) is 8.74. The molecular formula is C24H38N2O2. The maximum absolute atomic E-state index is 6.02. The molecule has 1 aliphatic rings. The highest BCUT2D eigenvalue weighted by Crippen LogP contribution is 2.35. The van der Waals surface area contributed by atoms with Crippen LogP contribution in [0.25, 0.3) is 0 Å². The Balaban J connectivity index is 2.18. The van der Waals surface area contributed by atoms with Crippen molar-refractivity contribution < 1.29 is 9.47 Å². The Hall–Kier alpha value is -1.65. The summed E-state index contributed by atoms with van der Waals surface area (Å²) >= 11 is 0. The third kappa shape index (κ3) is 5.92. The van der Waals surface area contributed by atoms with E-state index in [1.54, 1.807) is 0 Å². The van der Waals surface area contributed by atoms with Crippen LogP contribution in [-0.2, 0) is 9.47 Å². The van der Waals surface area contributed by atoms with E-state index in [0.29, 0.717) is 19.3 Å². The van der Waals surface area contributed by atoms with Crippen LogP contribution in [0.3, 0.4) is 0 Å². The number of hydrogen-bond acceptors (Lipinski definition) is 4. The van der Waals surface area contributed by atoms with Gasteiger partial charge in [-0.1, -0.05) is 69.7 Å². The molecule has 2 rings (SSSR count). The van der Waals surface area contributed by atoms with Crippen molar-refractivity contribution in [1.29, 1.82) is 0 Å². The summed E-state index contributed by atoms with van der Waals surface area (Å²) in [5.74, 6) is 0. The summed E-state index contributed by atoms with van der Waals surface area (Å²) in [6, 6.07) is 10.7. The summed E-state index contributed by atoms with van der Waals surface area (Å²) < 4.78 is 12.0. The lowest BCUT2D eigenvalue weighted by atomic mass is 9.87. The van der Waals surface area contributed by atoms with E-state index in [1.807, 2.05) is 13.2 Å². The van der Waals surface area contributed by atoms with Gasteiger partial charge in [-0.15, -0.1) is 0 Å². The molecule has 0 aliphatic carbocycles. The van der Waals surface area contributed by atoms with Crippen LogP contribution < -0.4 is 0 Å². The molecule has 1 aliphatic heterocycles. The molecule has 1 fully saturated rings. The molecule has 0 aromatic heterocycles. The highest BCUT2D eigenvalue weighted by atomic mass is 16.5. The fourth-order valence-corrected chi connectivity index (χ4v) is 4.08. The second kappa shape index (κ2) is 12.0. The summed E-state index contributed by atoms with van der Waals surface area (Å²) in [4.78, 5) is 0. The average Bonchev–Trinajstić information content (AvgIpc) is 3.21. The minimum atomic E-state index is -0.133. The zero-order valence-corrected chi connectivity index (χ0v) is 18.2. The standard InChI is InChI=1S/C24H38N2O2/c1-5-8-9-13-19-28-20-22(21-15-11-10-12-16-21)25-26-18-14-17-23(26)24(6-2,7-3)27-4/h9-13,15-16,23H,5-8,14,17-20H2,1-4H3/b13-9+,25-22-/t23-/m0/s1. The molecule has 0 unspecified atom stereocenters. The van der Waals surface area contributed by atoms with E-state index in [4.69, 9.17) is 14.6 Å². The lowest BCUT2D eigenvalue weighted by Crippen LogP contribution is -2.49. The Labute approximate surface area is 171 Å². The van der Waals surface area contributed by atoms with Crippen molar-refractivity contribution in [1.82, 2.24) is 5.01 Å². The van der Waals surface area contributed by atoms with Crippen molar-refractivity contribution in [2.24, 2.45) is 5.10 Å². The molecule has 0 amide bonds. The van der Waals surface area contributed by atoms with Gasteiger partial charge >= 0.3 is 0 Å². The van der Waals surface area contributed by atoms with Crippen LogP contribution in [0, 0.1) is 0 Å². The van der Waals surface area contributed by atoms with Gasteiger partial charge in [0.1, 0.15) is 0 Å².